The molecule has 3 rings (SSSR count). The van der Waals surface area contributed by atoms with Crippen LogP contribution in [0.25, 0.3) is 11.5 Å². The Labute approximate surface area is 161 Å². The van der Waals surface area contributed by atoms with Crippen molar-refractivity contribution >= 4 is 35.0 Å². The van der Waals surface area contributed by atoms with Gasteiger partial charge in [-0.2, -0.15) is 0 Å². The number of hydrogen-bond donors (Lipinski definition) is 1. The van der Waals surface area contributed by atoms with Gasteiger partial charge in [-0.1, -0.05) is 52.7 Å². The molecule has 2 aromatic carbocycles. The maximum Gasteiger partial charge on any atom is 0.277 e. The number of para-hydroxylation sites is 1. The lowest BCUT2D eigenvalue weighted by atomic mass is 10.1. The zero-order valence-electron chi connectivity index (χ0n) is 14.6. The summed E-state index contributed by atoms with van der Waals surface area (Å²) in [6, 6.07) is 13.2. The fourth-order valence-electron chi connectivity index (χ4n) is 2.47. The second kappa shape index (κ2) is 7.93. The van der Waals surface area contributed by atoms with Crippen molar-refractivity contribution in [3.05, 3.63) is 58.6 Å². The van der Waals surface area contributed by atoms with E-state index in [4.69, 9.17) is 16.0 Å². The maximum absolute atomic E-state index is 12.4. The number of thioether (sulfide) groups is 1. The summed E-state index contributed by atoms with van der Waals surface area (Å²) in [4.78, 5) is 12.4. The summed E-state index contributed by atoms with van der Waals surface area (Å²) >= 11 is 7.27. The molecule has 1 amide bonds. The molecule has 134 valence electrons. The minimum atomic E-state index is -0.418. The molecule has 0 fully saturated rings. The van der Waals surface area contributed by atoms with E-state index in [1.165, 1.54) is 11.8 Å². The van der Waals surface area contributed by atoms with Crippen LogP contribution >= 0.6 is 23.4 Å². The lowest BCUT2D eigenvalue weighted by Gasteiger charge is -2.10. The van der Waals surface area contributed by atoms with Gasteiger partial charge in [0.1, 0.15) is 0 Å². The van der Waals surface area contributed by atoms with Crippen molar-refractivity contribution in [2.24, 2.45) is 0 Å². The van der Waals surface area contributed by atoms with Crippen molar-refractivity contribution < 1.29 is 9.21 Å². The normalized spacial score (nSPS) is 12.0. The van der Waals surface area contributed by atoms with Gasteiger partial charge in [-0.15, -0.1) is 10.2 Å². The largest absolute Gasteiger partial charge is 0.411 e. The first-order chi connectivity index (χ1) is 12.4. The summed E-state index contributed by atoms with van der Waals surface area (Å²) in [5.74, 6) is 0.257. The van der Waals surface area contributed by atoms with Crippen molar-refractivity contribution in [1.29, 1.82) is 0 Å². The highest BCUT2D eigenvalue weighted by Crippen LogP contribution is 2.28. The molecule has 0 saturated heterocycles. The van der Waals surface area contributed by atoms with E-state index in [0.29, 0.717) is 21.8 Å². The molecule has 0 aliphatic carbocycles. The number of nitrogens with zero attached hydrogens (tertiary/aromatic N) is 2. The van der Waals surface area contributed by atoms with Gasteiger partial charge in [-0.3, -0.25) is 4.79 Å². The Bertz CT molecular complexity index is 922. The third-order valence-electron chi connectivity index (χ3n) is 3.65. The fourth-order valence-corrected chi connectivity index (χ4v) is 3.34. The van der Waals surface area contributed by atoms with Crippen LogP contribution in [0.1, 0.15) is 18.1 Å². The van der Waals surface area contributed by atoms with Gasteiger partial charge in [-0.25, -0.2) is 0 Å². The predicted octanol–water partition coefficient (Wildman–Crippen LogP) is 5.13. The lowest BCUT2D eigenvalue weighted by Crippen LogP contribution is -2.22. The third-order valence-corrected chi connectivity index (χ3v) is 4.92. The topological polar surface area (TPSA) is 68.0 Å². The maximum atomic E-state index is 12.4. The summed E-state index contributed by atoms with van der Waals surface area (Å²) in [5.41, 5.74) is 3.70. The van der Waals surface area contributed by atoms with Crippen LogP contribution < -0.4 is 5.32 Å². The van der Waals surface area contributed by atoms with E-state index < -0.39 is 5.25 Å². The van der Waals surface area contributed by atoms with Crippen molar-refractivity contribution in [2.45, 2.75) is 31.2 Å². The highest BCUT2D eigenvalue weighted by molar-refractivity contribution is 8.00. The first-order valence-corrected chi connectivity index (χ1v) is 9.32. The van der Waals surface area contributed by atoms with Crippen LogP contribution in [0, 0.1) is 13.8 Å². The van der Waals surface area contributed by atoms with Crippen LogP contribution in [0.5, 0.6) is 0 Å². The van der Waals surface area contributed by atoms with Crippen LogP contribution in [-0.2, 0) is 4.79 Å². The summed E-state index contributed by atoms with van der Waals surface area (Å²) < 4.78 is 5.71. The smallest absolute Gasteiger partial charge is 0.277 e. The number of anilines is 1. The second-order valence-electron chi connectivity index (χ2n) is 5.98. The van der Waals surface area contributed by atoms with Gasteiger partial charge in [0.2, 0.25) is 11.8 Å². The van der Waals surface area contributed by atoms with Crippen molar-refractivity contribution in [3.8, 4) is 11.5 Å². The molecule has 5 nitrogen and oxygen atoms in total. The monoisotopic (exact) mass is 387 g/mol. The standard InChI is InChI=1S/C19H18ClN3O2S/c1-11-8-12(2)10-14(9-11)18-22-23-19(25-18)26-13(3)17(24)21-16-7-5-4-6-15(16)20/h4-10,13H,1-3H3,(H,21,24). The number of amides is 1. The Hall–Kier alpha value is -2.31. The van der Waals surface area contributed by atoms with Gasteiger partial charge in [0.15, 0.2) is 0 Å². The molecule has 26 heavy (non-hydrogen) atoms. The lowest BCUT2D eigenvalue weighted by molar-refractivity contribution is -0.115. The number of carbonyl (C=O) groups excluding carboxylic acids is 1. The van der Waals surface area contributed by atoms with Gasteiger partial charge in [0, 0.05) is 5.56 Å². The molecule has 3 aromatic rings. The quantitative estimate of drug-likeness (QED) is 0.615. The van der Waals surface area contributed by atoms with Gasteiger partial charge in [0.05, 0.1) is 16.0 Å². The van der Waals surface area contributed by atoms with Gasteiger partial charge in [-0.05, 0) is 45.0 Å². The first kappa shape index (κ1) is 18.5. The van der Waals surface area contributed by atoms with E-state index in [9.17, 15) is 4.79 Å². The molecule has 0 aliphatic heterocycles. The summed E-state index contributed by atoms with van der Waals surface area (Å²) in [6.07, 6.45) is 0. The van der Waals surface area contributed by atoms with E-state index in [2.05, 4.69) is 21.6 Å². The molecule has 7 heteroatoms. The SMILES string of the molecule is Cc1cc(C)cc(-c2nnc(SC(C)C(=O)Nc3ccccc3Cl)o2)c1. The number of carbonyl (C=O) groups is 1. The highest BCUT2D eigenvalue weighted by Gasteiger charge is 2.19. The predicted molar refractivity (Wildman–Crippen MR) is 105 cm³/mol. The number of nitrogens with one attached hydrogen (secondary N) is 1. The van der Waals surface area contributed by atoms with E-state index in [-0.39, 0.29) is 5.91 Å². The first-order valence-electron chi connectivity index (χ1n) is 8.06. The fraction of sp³-hybridized carbons (Fsp3) is 0.211. The zero-order chi connectivity index (χ0) is 18.7. The molecular formula is C19H18ClN3O2S. The van der Waals surface area contributed by atoms with Crippen LogP contribution in [0.4, 0.5) is 5.69 Å². The van der Waals surface area contributed by atoms with Gasteiger partial charge in [0.25, 0.3) is 5.22 Å². The van der Waals surface area contributed by atoms with Gasteiger partial charge >= 0.3 is 0 Å². The number of hydrogen-bond acceptors (Lipinski definition) is 5. The van der Waals surface area contributed by atoms with Crippen LogP contribution in [-0.4, -0.2) is 21.4 Å². The average molecular weight is 388 g/mol. The third kappa shape index (κ3) is 4.45. The highest BCUT2D eigenvalue weighted by atomic mass is 35.5. The van der Waals surface area contributed by atoms with Crippen molar-refractivity contribution in [2.75, 3.05) is 5.32 Å². The van der Waals surface area contributed by atoms with Gasteiger partial charge < -0.3 is 9.73 Å². The minimum Gasteiger partial charge on any atom is -0.411 e. The number of aryl methyl sites for hydroxylation is 2. The van der Waals surface area contributed by atoms with Crippen LogP contribution in [0.15, 0.2) is 52.1 Å². The molecule has 1 N–H and O–H groups in total. The molecule has 1 atom stereocenters. The molecular weight excluding hydrogens is 370 g/mol. The number of benzene rings is 2. The summed E-state index contributed by atoms with van der Waals surface area (Å²) in [5, 5.41) is 11.4. The Morgan fingerprint density at radius 2 is 1.85 bits per heavy atom. The molecule has 0 saturated carbocycles. The number of halogens is 1. The second-order valence-corrected chi connectivity index (χ2v) is 7.68. The Morgan fingerprint density at radius 1 is 1.15 bits per heavy atom. The minimum absolute atomic E-state index is 0.186. The Morgan fingerprint density at radius 3 is 2.54 bits per heavy atom. The van der Waals surface area contributed by atoms with Crippen LogP contribution in [0.3, 0.4) is 0 Å². The zero-order valence-corrected chi connectivity index (χ0v) is 16.2. The summed E-state index contributed by atoms with van der Waals surface area (Å²) in [6.45, 7) is 5.81. The Balaban J connectivity index is 1.68. The summed E-state index contributed by atoms with van der Waals surface area (Å²) in [7, 11) is 0. The van der Waals surface area contributed by atoms with E-state index in [1.807, 2.05) is 38.1 Å². The van der Waals surface area contributed by atoms with Crippen LogP contribution in [0.2, 0.25) is 5.02 Å². The van der Waals surface area contributed by atoms with Crippen molar-refractivity contribution in [1.82, 2.24) is 10.2 Å². The van der Waals surface area contributed by atoms with E-state index >= 15 is 0 Å². The molecule has 0 aliphatic rings. The number of aromatic nitrogens is 2. The Kier molecular flexibility index (Phi) is 5.64. The molecule has 0 radical (unpaired) electrons. The molecule has 1 heterocycles. The van der Waals surface area contributed by atoms with E-state index in [0.717, 1.165) is 16.7 Å². The molecule has 1 aromatic heterocycles. The van der Waals surface area contributed by atoms with Crippen molar-refractivity contribution in [3.63, 3.8) is 0 Å². The molecule has 1 unspecified atom stereocenters. The van der Waals surface area contributed by atoms with E-state index in [1.54, 1.807) is 19.1 Å². The average Bonchev–Trinajstić information content (AvgIpc) is 3.04. The molecule has 0 bridgehead atoms. The number of rotatable bonds is 5. The molecule has 0 spiro atoms.